The first-order chi connectivity index (χ1) is 13.9. The molecule has 0 aliphatic rings. The summed E-state index contributed by atoms with van der Waals surface area (Å²) in [5, 5.41) is 0. The number of benzene rings is 3. The molecule has 0 saturated heterocycles. The predicted octanol–water partition coefficient (Wildman–Crippen LogP) is 4.79. The Morgan fingerprint density at radius 3 is 1.59 bits per heavy atom. The third kappa shape index (κ3) is 6.53. The largest absolute Gasteiger partial charge is 0.289 e. The fourth-order valence-corrected chi connectivity index (χ4v) is 4.07. The van der Waals surface area contributed by atoms with Crippen LogP contribution in [0.1, 0.15) is 29.7 Å². The summed E-state index contributed by atoms with van der Waals surface area (Å²) in [6.07, 6.45) is 0.507. The van der Waals surface area contributed by atoms with Gasteiger partial charge in [-0.1, -0.05) is 91.0 Å². The molecule has 0 saturated carbocycles. The molecule has 4 nitrogen and oxygen atoms in total. The average Bonchev–Trinajstić information content (AvgIpc) is 2.73. The maximum absolute atomic E-state index is 12.0. The van der Waals surface area contributed by atoms with Gasteiger partial charge in [0.2, 0.25) is 0 Å². The van der Waals surface area contributed by atoms with Gasteiger partial charge in [0.1, 0.15) is 6.10 Å². The minimum atomic E-state index is -3.62. The van der Waals surface area contributed by atoms with Crippen LogP contribution in [0.15, 0.2) is 91.0 Å². The van der Waals surface area contributed by atoms with Crippen molar-refractivity contribution < 1.29 is 12.6 Å². The third-order valence-corrected chi connectivity index (χ3v) is 5.43. The van der Waals surface area contributed by atoms with E-state index in [-0.39, 0.29) is 6.04 Å². The van der Waals surface area contributed by atoms with Crippen LogP contribution in [-0.2, 0) is 27.4 Å². The van der Waals surface area contributed by atoms with Crippen molar-refractivity contribution in [1.82, 2.24) is 4.90 Å². The topological polar surface area (TPSA) is 46.6 Å². The van der Waals surface area contributed by atoms with Gasteiger partial charge in [-0.05, 0) is 23.6 Å². The van der Waals surface area contributed by atoms with Gasteiger partial charge in [-0.3, -0.25) is 9.08 Å². The molecule has 0 spiro atoms. The lowest BCUT2D eigenvalue weighted by Gasteiger charge is -2.34. The smallest absolute Gasteiger partial charge is 0.265 e. The third-order valence-electron chi connectivity index (χ3n) is 4.88. The lowest BCUT2D eigenvalue weighted by atomic mass is 10.0. The van der Waals surface area contributed by atoms with Gasteiger partial charge in [0.15, 0.2) is 0 Å². The molecule has 0 amide bonds. The second-order valence-electron chi connectivity index (χ2n) is 7.25. The van der Waals surface area contributed by atoms with Gasteiger partial charge in [-0.25, -0.2) is 0 Å². The van der Waals surface area contributed by atoms with Crippen molar-refractivity contribution in [3.63, 3.8) is 0 Å². The van der Waals surface area contributed by atoms with E-state index in [2.05, 4.69) is 29.2 Å². The zero-order valence-corrected chi connectivity index (χ0v) is 17.6. The van der Waals surface area contributed by atoms with Crippen molar-refractivity contribution in [2.45, 2.75) is 32.2 Å². The summed E-state index contributed by atoms with van der Waals surface area (Å²) in [7, 11) is -3.62. The number of nitrogens with zero attached hydrogens (tertiary/aromatic N) is 1. The van der Waals surface area contributed by atoms with Crippen LogP contribution in [0.2, 0.25) is 0 Å². The Morgan fingerprint density at radius 1 is 0.759 bits per heavy atom. The first-order valence-electron chi connectivity index (χ1n) is 9.67. The quantitative estimate of drug-likeness (QED) is 0.477. The number of rotatable bonds is 9. The van der Waals surface area contributed by atoms with E-state index in [1.54, 1.807) is 0 Å². The first-order valence-corrected chi connectivity index (χ1v) is 11.5. The Balaban J connectivity index is 1.93. The van der Waals surface area contributed by atoms with Crippen molar-refractivity contribution >= 4 is 10.1 Å². The van der Waals surface area contributed by atoms with Crippen LogP contribution in [-0.4, -0.2) is 25.6 Å². The molecule has 29 heavy (non-hydrogen) atoms. The van der Waals surface area contributed by atoms with Gasteiger partial charge in [0, 0.05) is 19.1 Å². The maximum atomic E-state index is 12.0. The molecule has 0 aliphatic heterocycles. The summed E-state index contributed by atoms with van der Waals surface area (Å²) >= 11 is 0. The van der Waals surface area contributed by atoms with E-state index in [0.29, 0.717) is 13.1 Å². The van der Waals surface area contributed by atoms with E-state index in [1.165, 1.54) is 11.1 Å². The molecule has 0 N–H and O–H groups in total. The van der Waals surface area contributed by atoms with E-state index in [0.717, 1.165) is 11.8 Å². The van der Waals surface area contributed by atoms with Crippen molar-refractivity contribution in [1.29, 1.82) is 0 Å². The van der Waals surface area contributed by atoms with Gasteiger partial charge in [0.05, 0.1) is 6.26 Å². The molecule has 0 radical (unpaired) electrons. The molecule has 0 heterocycles. The lowest BCUT2D eigenvalue weighted by Crippen LogP contribution is -2.38. The Hall–Kier alpha value is -2.47. The molecule has 0 aliphatic carbocycles. The molecule has 0 bridgehead atoms. The standard InChI is InChI=1S/C24H27NO3S/c1-20(24(28-29(2,26)27)23-16-10-5-11-17-23)25(18-21-12-6-3-7-13-21)19-22-14-8-4-9-15-22/h3-17,20,24H,18-19H2,1-2H3/t20-,24-/m0/s1. The van der Waals surface area contributed by atoms with Crippen molar-refractivity contribution in [3.8, 4) is 0 Å². The number of hydrogen-bond donors (Lipinski definition) is 0. The van der Waals surface area contributed by atoms with E-state index in [4.69, 9.17) is 4.18 Å². The summed E-state index contributed by atoms with van der Waals surface area (Å²) in [6, 6.07) is 29.8. The minimum absolute atomic E-state index is 0.174. The lowest BCUT2D eigenvalue weighted by molar-refractivity contribution is 0.0702. The summed E-state index contributed by atoms with van der Waals surface area (Å²) in [5.74, 6) is 0. The van der Waals surface area contributed by atoms with Crippen LogP contribution >= 0.6 is 0 Å². The highest BCUT2D eigenvalue weighted by molar-refractivity contribution is 7.86. The van der Waals surface area contributed by atoms with E-state index in [1.807, 2.05) is 73.7 Å². The van der Waals surface area contributed by atoms with E-state index in [9.17, 15) is 8.42 Å². The Kier molecular flexibility index (Phi) is 7.20. The second kappa shape index (κ2) is 9.83. The highest BCUT2D eigenvalue weighted by atomic mass is 32.2. The zero-order chi connectivity index (χ0) is 20.7. The van der Waals surface area contributed by atoms with Crippen molar-refractivity contribution in [3.05, 3.63) is 108 Å². The molecule has 2 atom stereocenters. The average molecular weight is 410 g/mol. The summed E-state index contributed by atoms with van der Waals surface area (Å²) in [5.41, 5.74) is 3.18. The van der Waals surface area contributed by atoms with Crippen molar-refractivity contribution in [2.24, 2.45) is 0 Å². The predicted molar refractivity (Wildman–Crippen MR) is 117 cm³/mol. The van der Waals surface area contributed by atoms with Crippen LogP contribution in [0, 0.1) is 0 Å². The monoisotopic (exact) mass is 409 g/mol. The molecular formula is C24H27NO3S. The van der Waals surface area contributed by atoms with Crippen LogP contribution in [0.4, 0.5) is 0 Å². The van der Waals surface area contributed by atoms with Crippen LogP contribution in [0.25, 0.3) is 0 Å². The van der Waals surface area contributed by atoms with Crippen LogP contribution < -0.4 is 0 Å². The maximum Gasteiger partial charge on any atom is 0.265 e. The van der Waals surface area contributed by atoms with Crippen LogP contribution in [0.3, 0.4) is 0 Å². The molecule has 3 rings (SSSR count). The Labute approximate surface area is 173 Å². The Morgan fingerprint density at radius 2 is 1.17 bits per heavy atom. The molecule has 152 valence electrons. The normalized spacial score (nSPS) is 13.9. The summed E-state index contributed by atoms with van der Waals surface area (Å²) in [4.78, 5) is 2.26. The SMILES string of the molecule is C[C@@H]([C@H](OS(C)(=O)=O)c1ccccc1)N(Cc1ccccc1)Cc1ccccc1. The summed E-state index contributed by atoms with van der Waals surface area (Å²) < 4.78 is 29.6. The highest BCUT2D eigenvalue weighted by Gasteiger charge is 2.29. The highest BCUT2D eigenvalue weighted by Crippen LogP contribution is 2.29. The number of hydrogen-bond acceptors (Lipinski definition) is 4. The molecule has 3 aromatic carbocycles. The molecule has 0 unspecified atom stereocenters. The Bertz CT molecular complexity index is 935. The molecule has 0 fully saturated rings. The zero-order valence-electron chi connectivity index (χ0n) is 16.8. The molecule has 0 aromatic heterocycles. The van der Waals surface area contributed by atoms with Crippen LogP contribution in [0.5, 0.6) is 0 Å². The second-order valence-corrected chi connectivity index (χ2v) is 8.85. The van der Waals surface area contributed by atoms with E-state index < -0.39 is 16.2 Å². The summed E-state index contributed by atoms with van der Waals surface area (Å²) in [6.45, 7) is 3.40. The molecular weight excluding hydrogens is 382 g/mol. The van der Waals surface area contributed by atoms with Gasteiger partial charge in [-0.15, -0.1) is 0 Å². The van der Waals surface area contributed by atoms with Gasteiger partial charge in [-0.2, -0.15) is 8.42 Å². The van der Waals surface area contributed by atoms with E-state index >= 15 is 0 Å². The fourth-order valence-electron chi connectivity index (χ4n) is 3.42. The minimum Gasteiger partial charge on any atom is -0.289 e. The van der Waals surface area contributed by atoms with Gasteiger partial charge < -0.3 is 0 Å². The van der Waals surface area contributed by atoms with Crippen molar-refractivity contribution in [2.75, 3.05) is 6.26 Å². The van der Waals surface area contributed by atoms with Gasteiger partial charge >= 0.3 is 0 Å². The fraction of sp³-hybridized carbons (Fsp3) is 0.250. The van der Waals surface area contributed by atoms with Gasteiger partial charge in [0.25, 0.3) is 10.1 Å². The molecule has 5 heteroatoms. The first kappa shape index (κ1) is 21.2. The molecule has 3 aromatic rings.